The van der Waals surface area contributed by atoms with Crippen molar-refractivity contribution >= 4 is 23.2 Å². The lowest BCUT2D eigenvalue weighted by atomic mass is 10.1. The molecule has 8 heteroatoms. The summed E-state index contributed by atoms with van der Waals surface area (Å²) in [4.78, 5) is 26.8. The van der Waals surface area contributed by atoms with E-state index in [0.717, 1.165) is 11.3 Å². The first kappa shape index (κ1) is 23.9. The fourth-order valence-corrected chi connectivity index (χ4v) is 3.72. The number of ether oxygens (including phenoxy) is 4. The Bertz CT molecular complexity index is 1210. The second-order valence-corrected chi connectivity index (χ2v) is 8.11. The van der Waals surface area contributed by atoms with Crippen molar-refractivity contribution in [1.29, 1.82) is 0 Å². The second kappa shape index (κ2) is 10.8. The van der Waals surface area contributed by atoms with E-state index in [1.165, 1.54) is 0 Å². The van der Waals surface area contributed by atoms with Crippen molar-refractivity contribution in [3.8, 4) is 23.0 Å². The van der Waals surface area contributed by atoms with Crippen molar-refractivity contribution in [2.24, 2.45) is 0 Å². The monoisotopic (exact) mass is 476 g/mol. The number of carbonyl (C=O) groups is 2. The Kier molecular flexibility index (Phi) is 7.40. The lowest BCUT2D eigenvalue weighted by Crippen LogP contribution is -2.46. The van der Waals surface area contributed by atoms with Gasteiger partial charge in [-0.1, -0.05) is 18.2 Å². The molecule has 1 aliphatic rings. The molecule has 0 radical (unpaired) electrons. The third-order valence-electron chi connectivity index (χ3n) is 5.44. The zero-order valence-electron chi connectivity index (χ0n) is 19.9. The standard InChI is InChI=1S/C27H28N2O6/c1-18-6-4-8-22(14-18)33-13-12-29-24-11-10-20(15-25(24)35-19(2)27(29)31)28-26(30)17-34-23-9-5-7-21(16-23)32-3/h4-11,14-16,19H,12-13,17H2,1-3H3,(H,28,30). The fourth-order valence-electron chi connectivity index (χ4n) is 3.72. The van der Waals surface area contributed by atoms with E-state index in [4.69, 9.17) is 18.9 Å². The van der Waals surface area contributed by atoms with E-state index in [-0.39, 0.29) is 18.4 Å². The van der Waals surface area contributed by atoms with E-state index < -0.39 is 6.10 Å². The third-order valence-corrected chi connectivity index (χ3v) is 5.44. The molecule has 4 rings (SSSR count). The molecular weight excluding hydrogens is 448 g/mol. The molecule has 3 aromatic rings. The average molecular weight is 477 g/mol. The number of hydrogen-bond donors (Lipinski definition) is 1. The molecule has 1 N–H and O–H groups in total. The third kappa shape index (κ3) is 6.03. The van der Waals surface area contributed by atoms with Gasteiger partial charge >= 0.3 is 0 Å². The summed E-state index contributed by atoms with van der Waals surface area (Å²) in [5.74, 6) is 1.98. The van der Waals surface area contributed by atoms with Gasteiger partial charge in [-0.25, -0.2) is 0 Å². The Morgan fingerprint density at radius 3 is 2.51 bits per heavy atom. The van der Waals surface area contributed by atoms with E-state index >= 15 is 0 Å². The van der Waals surface area contributed by atoms with E-state index in [1.54, 1.807) is 61.4 Å². The second-order valence-electron chi connectivity index (χ2n) is 8.11. The Labute approximate surface area is 204 Å². The molecule has 0 saturated carbocycles. The largest absolute Gasteiger partial charge is 0.497 e. The predicted molar refractivity (Wildman–Crippen MR) is 133 cm³/mol. The van der Waals surface area contributed by atoms with Gasteiger partial charge in [0, 0.05) is 17.8 Å². The number of methoxy groups -OCH3 is 1. The zero-order chi connectivity index (χ0) is 24.8. The lowest BCUT2D eigenvalue weighted by Gasteiger charge is -2.33. The quantitative estimate of drug-likeness (QED) is 0.498. The van der Waals surface area contributed by atoms with Crippen LogP contribution in [0, 0.1) is 6.92 Å². The molecule has 1 atom stereocenters. The van der Waals surface area contributed by atoms with Gasteiger partial charge < -0.3 is 29.2 Å². The number of nitrogens with zero attached hydrogens (tertiary/aromatic N) is 1. The number of anilines is 2. The van der Waals surface area contributed by atoms with Crippen molar-refractivity contribution in [3.05, 3.63) is 72.3 Å². The minimum atomic E-state index is -0.649. The van der Waals surface area contributed by atoms with Gasteiger partial charge in [-0.15, -0.1) is 0 Å². The van der Waals surface area contributed by atoms with Crippen molar-refractivity contribution < 1.29 is 28.5 Å². The lowest BCUT2D eigenvalue weighted by molar-refractivity contribution is -0.125. The van der Waals surface area contributed by atoms with E-state index in [0.29, 0.717) is 41.8 Å². The molecule has 0 saturated heterocycles. The van der Waals surface area contributed by atoms with Gasteiger partial charge in [-0.05, 0) is 55.8 Å². The molecule has 0 bridgehead atoms. The van der Waals surface area contributed by atoms with E-state index in [1.807, 2.05) is 31.2 Å². The van der Waals surface area contributed by atoms with Gasteiger partial charge in [0.15, 0.2) is 12.7 Å². The van der Waals surface area contributed by atoms with Gasteiger partial charge in [0.05, 0.1) is 19.3 Å². The predicted octanol–water partition coefficient (Wildman–Crippen LogP) is 4.21. The highest BCUT2D eigenvalue weighted by molar-refractivity contribution is 6.00. The summed E-state index contributed by atoms with van der Waals surface area (Å²) in [6.45, 7) is 4.24. The summed E-state index contributed by atoms with van der Waals surface area (Å²) < 4.78 is 22.3. The zero-order valence-corrected chi connectivity index (χ0v) is 19.9. The average Bonchev–Trinajstić information content (AvgIpc) is 2.85. The maximum Gasteiger partial charge on any atom is 0.267 e. The topological polar surface area (TPSA) is 86.3 Å². The summed E-state index contributed by atoms with van der Waals surface area (Å²) in [5.41, 5.74) is 2.28. The molecule has 0 spiro atoms. The normalized spacial score (nSPS) is 14.5. The van der Waals surface area contributed by atoms with Crippen LogP contribution in [0.15, 0.2) is 66.7 Å². The van der Waals surface area contributed by atoms with Crippen LogP contribution in [0.4, 0.5) is 11.4 Å². The highest BCUT2D eigenvalue weighted by atomic mass is 16.5. The number of rotatable bonds is 9. The van der Waals surface area contributed by atoms with Crippen LogP contribution in [0.1, 0.15) is 12.5 Å². The number of nitrogens with one attached hydrogen (secondary N) is 1. The molecule has 2 amide bonds. The minimum absolute atomic E-state index is 0.145. The molecular formula is C27H28N2O6. The Morgan fingerprint density at radius 1 is 1.00 bits per heavy atom. The molecule has 3 aromatic carbocycles. The van der Waals surface area contributed by atoms with Crippen molar-refractivity contribution in [3.63, 3.8) is 0 Å². The maximum absolute atomic E-state index is 12.8. The molecule has 1 unspecified atom stereocenters. The van der Waals surface area contributed by atoms with Crippen LogP contribution in [0.5, 0.6) is 23.0 Å². The van der Waals surface area contributed by atoms with Gasteiger partial charge in [0.25, 0.3) is 11.8 Å². The summed E-state index contributed by atoms with van der Waals surface area (Å²) in [6, 6.07) is 20.0. The number of aryl methyl sites for hydroxylation is 1. The molecule has 1 heterocycles. The maximum atomic E-state index is 12.8. The fraction of sp³-hybridized carbons (Fsp3) is 0.259. The number of hydrogen-bond acceptors (Lipinski definition) is 6. The smallest absolute Gasteiger partial charge is 0.267 e. The van der Waals surface area contributed by atoms with E-state index in [9.17, 15) is 9.59 Å². The number of fused-ring (bicyclic) bond motifs is 1. The van der Waals surface area contributed by atoms with Gasteiger partial charge in [0.1, 0.15) is 29.6 Å². The molecule has 182 valence electrons. The minimum Gasteiger partial charge on any atom is -0.497 e. The highest BCUT2D eigenvalue weighted by Gasteiger charge is 2.31. The van der Waals surface area contributed by atoms with Crippen LogP contribution < -0.4 is 29.2 Å². The first-order chi connectivity index (χ1) is 16.9. The van der Waals surface area contributed by atoms with E-state index in [2.05, 4.69) is 5.32 Å². The molecule has 1 aliphatic heterocycles. The van der Waals surface area contributed by atoms with Gasteiger partial charge in [0.2, 0.25) is 0 Å². The van der Waals surface area contributed by atoms with Crippen molar-refractivity contribution in [1.82, 2.24) is 0 Å². The molecule has 8 nitrogen and oxygen atoms in total. The Balaban J connectivity index is 1.38. The number of benzene rings is 3. The van der Waals surface area contributed by atoms with Crippen LogP contribution in [0.3, 0.4) is 0 Å². The van der Waals surface area contributed by atoms with Crippen molar-refractivity contribution in [2.75, 3.05) is 37.1 Å². The molecule has 35 heavy (non-hydrogen) atoms. The van der Waals surface area contributed by atoms with Crippen molar-refractivity contribution in [2.45, 2.75) is 20.0 Å². The van der Waals surface area contributed by atoms with Gasteiger partial charge in [-0.2, -0.15) is 0 Å². The first-order valence-corrected chi connectivity index (χ1v) is 11.3. The molecule has 0 aromatic heterocycles. The van der Waals surface area contributed by atoms with Crippen LogP contribution in [0.25, 0.3) is 0 Å². The summed E-state index contributed by atoms with van der Waals surface area (Å²) in [6.07, 6.45) is -0.649. The summed E-state index contributed by atoms with van der Waals surface area (Å²) >= 11 is 0. The molecule has 0 fully saturated rings. The molecule has 0 aliphatic carbocycles. The number of amides is 2. The summed E-state index contributed by atoms with van der Waals surface area (Å²) in [7, 11) is 1.57. The Hall–Kier alpha value is -4.20. The van der Waals surface area contributed by atoms with Crippen LogP contribution in [-0.2, 0) is 9.59 Å². The summed E-state index contributed by atoms with van der Waals surface area (Å²) in [5, 5.41) is 2.80. The van der Waals surface area contributed by atoms with Crippen LogP contribution in [0.2, 0.25) is 0 Å². The van der Waals surface area contributed by atoms with Gasteiger partial charge in [-0.3, -0.25) is 9.59 Å². The van der Waals surface area contributed by atoms with Crippen LogP contribution >= 0.6 is 0 Å². The van der Waals surface area contributed by atoms with Crippen LogP contribution in [-0.4, -0.2) is 44.8 Å². The Morgan fingerprint density at radius 2 is 1.74 bits per heavy atom. The first-order valence-electron chi connectivity index (χ1n) is 11.3. The SMILES string of the molecule is COc1cccc(OCC(=O)Nc2ccc3c(c2)OC(C)C(=O)N3CCOc2cccc(C)c2)c1. The highest BCUT2D eigenvalue weighted by Crippen LogP contribution is 2.36. The number of carbonyl (C=O) groups excluding carboxylic acids is 2.